The monoisotopic (exact) mass is 144 g/mol. The highest BCUT2D eigenvalue weighted by Crippen LogP contribution is 1.99. The SMILES string of the molecule is CC(N)Cc1nnns1. The van der Waals surface area contributed by atoms with E-state index < -0.39 is 0 Å². The number of aromatic nitrogens is 3. The fraction of sp³-hybridized carbons (Fsp3) is 0.750. The molecule has 9 heavy (non-hydrogen) atoms. The van der Waals surface area contributed by atoms with E-state index in [0.29, 0.717) is 0 Å². The average molecular weight is 144 g/mol. The molecule has 0 aromatic carbocycles. The van der Waals surface area contributed by atoms with Gasteiger partial charge in [-0.1, -0.05) is 4.49 Å². The first-order valence-electron chi connectivity index (χ1n) is 2.68. The standard InChI is InChI=1S/C4H8N4S/c1-3(5)2-4-6-7-8-9-4/h3H,2,5H2,1H3. The van der Waals surface area contributed by atoms with Crippen molar-refractivity contribution in [2.75, 3.05) is 0 Å². The van der Waals surface area contributed by atoms with E-state index in [-0.39, 0.29) is 6.04 Å². The molecule has 0 radical (unpaired) electrons. The fourth-order valence-electron chi connectivity index (χ4n) is 0.505. The van der Waals surface area contributed by atoms with Crippen molar-refractivity contribution in [1.29, 1.82) is 0 Å². The molecule has 0 aliphatic rings. The van der Waals surface area contributed by atoms with Crippen LogP contribution in [-0.2, 0) is 6.42 Å². The van der Waals surface area contributed by atoms with Crippen molar-refractivity contribution in [3.63, 3.8) is 0 Å². The molecule has 0 fully saturated rings. The van der Waals surface area contributed by atoms with Crippen molar-refractivity contribution < 1.29 is 0 Å². The summed E-state index contributed by atoms with van der Waals surface area (Å²) in [5.74, 6) is 0. The molecule has 0 amide bonds. The van der Waals surface area contributed by atoms with Crippen molar-refractivity contribution in [1.82, 2.24) is 14.8 Å². The topological polar surface area (TPSA) is 64.7 Å². The van der Waals surface area contributed by atoms with Gasteiger partial charge in [-0.15, -0.1) is 5.10 Å². The van der Waals surface area contributed by atoms with Crippen LogP contribution in [0.15, 0.2) is 0 Å². The van der Waals surface area contributed by atoms with Crippen molar-refractivity contribution in [2.45, 2.75) is 19.4 Å². The second-order valence-corrected chi connectivity index (χ2v) is 2.75. The van der Waals surface area contributed by atoms with Gasteiger partial charge in [-0.3, -0.25) is 0 Å². The summed E-state index contributed by atoms with van der Waals surface area (Å²) in [6.45, 7) is 1.93. The summed E-state index contributed by atoms with van der Waals surface area (Å²) in [5, 5.41) is 8.08. The molecule has 1 aromatic rings. The second-order valence-electron chi connectivity index (χ2n) is 1.94. The largest absolute Gasteiger partial charge is 0.328 e. The van der Waals surface area contributed by atoms with Crippen molar-refractivity contribution in [3.05, 3.63) is 5.01 Å². The second kappa shape index (κ2) is 2.84. The Morgan fingerprint density at radius 2 is 2.56 bits per heavy atom. The third-order valence-electron chi connectivity index (χ3n) is 0.836. The molecule has 1 aromatic heterocycles. The van der Waals surface area contributed by atoms with Gasteiger partial charge in [-0.25, -0.2) is 0 Å². The molecule has 0 aliphatic carbocycles. The zero-order chi connectivity index (χ0) is 6.69. The first kappa shape index (κ1) is 6.57. The quantitative estimate of drug-likeness (QED) is 0.625. The third kappa shape index (κ3) is 2.03. The van der Waals surface area contributed by atoms with E-state index in [1.54, 1.807) is 0 Å². The summed E-state index contributed by atoms with van der Waals surface area (Å²) in [7, 11) is 0. The summed E-state index contributed by atoms with van der Waals surface area (Å²) in [6.07, 6.45) is 0.775. The summed E-state index contributed by atoms with van der Waals surface area (Å²) < 4.78 is 3.60. The molecule has 0 spiro atoms. The average Bonchev–Trinajstić information content (AvgIpc) is 2.15. The van der Waals surface area contributed by atoms with Crippen LogP contribution < -0.4 is 5.73 Å². The zero-order valence-electron chi connectivity index (χ0n) is 5.11. The maximum atomic E-state index is 5.49. The molecular formula is C4H8N4S. The minimum Gasteiger partial charge on any atom is -0.328 e. The Labute approximate surface area is 57.2 Å². The number of hydrogen-bond acceptors (Lipinski definition) is 5. The molecule has 2 N–H and O–H groups in total. The highest BCUT2D eigenvalue weighted by Gasteiger charge is 2.00. The number of nitrogens with two attached hydrogens (primary N) is 1. The van der Waals surface area contributed by atoms with Crippen LogP contribution in [0.2, 0.25) is 0 Å². The van der Waals surface area contributed by atoms with E-state index in [4.69, 9.17) is 5.73 Å². The van der Waals surface area contributed by atoms with Crippen molar-refractivity contribution >= 4 is 11.5 Å². The lowest BCUT2D eigenvalue weighted by atomic mass is 10.3. The molecule has 0 saturated heterocycles. The zero-order valence-corrected chi connectivity index (χ0v) is 5.93. The van der Waals surface area contributed by atoms with Gasteiger partial charge in [0, 0.05) is 24.0 Å². The van der Waals surface area contributed by atoms with E-state index in [9.17, 15) is 0 Å². The van der Waals surface area contributed by atoms with Crippen LogP contribution in [0, 0.1) is 0 Å². The van der Waals surface area contributed by atoms with Crippen LogP contribution in [0.25, 0.3) is 0 Å². The smallest absolute Gasteiger partial charge is 0.139 e. The maximum absolute atomic E-state index is 5.49. The van der Waals surface area contributed by atoms with Crippen LogP contribution in [0.3, 0.4) is 0 Å². The van der Waals surface area contributed by atoms with Gasteiger partial charge in [0.05, 0.1) is 0 Å². The molecule has 1 heterocycles. The molecule has 0 bridgehead atoms. The molecule has 4 nitrogen and oxygen atoms in total. The molecule has 50 valence electrons. The molecule has 1 unspecified atom stereocenters. The van der Waals surface area contributed by atoms with Gasteiger partial charge in [-0.2, -0.15) is 0 Å². The van der Waals surface area contributed by atoms with Gasteiger partial charge in [-0.05, 0) is 12.1 Å². The minimum absolute atomic E-state index is 0.153. The Bertz CT molecular complexity index is 159. The Hall–Kier alpha value is -0.550. The van der Waals surface area contributed by atoms with Crippen LogP contribution in [0.4, 0.5) is 0 Å². The molecular weight excluding hydrogens is 136 g/mol. The molecule has 0 aliphatic heterocycles. The lowest BCUT2D eigenvalue weighted by Crippen LogP contribution is -2.17. The van der Waals surface area contributed by atoms with Gasteiger partial charge in [0.15, 0.2) is 0 Å². The molecule has 1 atom stereocenters. The van der Waals surface area contributed by atoms with Gasteiger partial charge < -0.3 is 5.73 Å². The van der Waals surface area contributed by atoms with Crippen LogP contribution >= 0.6 is 11.5 Å². The Kier molecular flexibility index (Phi) is 2.07. The van der Waals surface area contributed by atoms with E-state index >= 15 is 0 Å². The number of rotatable bonds is 2. The summed E-state index contributed by atoms with van der Waals surface area (Å²) in [5.41, 5.74) is 5.49. The Morgan fingerprint density at radius 3 is 3.00 bits per heavy atom. The number of nitrogens with zero attached hydrogens (tertiary/aromatic N) is 3. The highest BCUT2D eigenvalue weighted by atomic mass is 32.1. The molecule has 0 saturated carbocycles. The molecule has 1 rings (SSSR count). The first-order valence-corrected chi connectivity index (χ1v) is 3.46. The highest BCUT2D eigenvalue weighted by molar-refractivity contribution is 7.05. The van der Waals surface area contributed by atoms with Gasteiger partial charge >= 0.3 is 0 Å². The van der Waals surface area contributed by atoms with E-state index in [1.165, 1.54) is 11.5 Å². The summed E-state index contributed by atoms with van der Waals surface area (Å²) >= 11 is 1.30. The predicted octanol–water partition coefficient (Wildman–Crippen LogP) is -0.177. The summed E-state index contributed by atoms with van der Waals surface area (Å²) in [6, 6.07) is 0.153. The predicted molar refractivity (Wildman–Crippen MR) is 35.1 cm³/mol. The van der Waals surface area contributed by atoms with Crippen molar-refractivity contribution in [3.8, 4) is 0 Å². The normalized spacial score (nSPS) is 13.6. The number of hydrogen-bond donors (Lipinski definition) is 1. The van der Waals surface area contributed by atoms with Crippen LogP contribution in [0.1, 0.15) is 11.9 Å². The van der Waals surface area contributed by atoms with Gasteiger partial charge in [0.1, 0.15) is 5.01 Å². The van der Waals surface area contributed by atoms with Gasteiger partial charge in [0.25, 0.3) is 0 Å². The van der Waals surface area contributed by atoms with E-state index in [0.717, 1.165) is 11.4 Å². The van der Waals surface area contributed by atoms with Crippen LogP contribution in [0.5, 0.6) is 0 Å². The van der Waals surface area contributed by atoms with Gasteiger partial charge in [0.2, 0.25) is 0 Å². The van der Waals surface area contributed by atoms with E-state index in [2.05, 4.69) is 14.8 Å². The van der Waals surface area contributed by atoms with Crippen LogP contribution in [-0.4, -0.2) is 20.8 Å². The lowest BCUT2D eigenvalue weighted by molar-refractivity contribution is 0.723. The maximum Gasteiger partial charge on any atom is 0.139 e. The molecule has 5 heteroatoms. The minimum atomic E-state index is 0.153. The fourth-order valence-corrected chi connectivity index (χ4v) is 1.08. The Morgan fingerprint density at radius 1 is 1.78 bits per heavy atom. The van der Waals surface area contributed by atoms with E-state index in [1.807, 2.05) is 6.92 Å². The third-order valence-corrected chi connectivity index (χ3v) is 1.45. The van der Waals surface area contributed by atoms with Crippen molar-refractivity contribution in [2.24, 2.45) is 5.73 Å². The lowest BCUT2D eigenvalue weighted by Gasteiger charge is -1.96. The summed E-state index contributed by atoms with van der Waals surface area (Å²) in [4.78, 5) is 0. The first-order chi connectivity index (χ1) is 4.29. The Balaban J connectivity index is 2.48.